The summed E-state index contributed by atoms with van der Waals surface area (Å²) in [6.45, 7) is 1.23. The molecule has 0 aromatic heterocycles. The first kappa shape index (κ1) is 12.8. The SMILES string of the molecule is CNC(=O)CCNCc1ccc(O)c(Cl)c1. The van der Waals surface area contributed by atoms with Crippen molar-refractivity contribution in [2.45, 2.75) is 13.0 Å². The van der Waals surface area contributed by atoms with E-state index < -0.39 is 0 Å². The molecule has 5 heteroatoms. The number of carbonyl (C=O) groups excluding carboxylic acids is 1. The first-order valence-electron chi connectivity index (χ1n) is 5.02. The summed E-state index contributed by atoms with van der Waals surface area (Å²) < 4.78 is 0. The van der Waals surface area contributed by atoms with Gasteiger partial charge in [0, 0.05) is 26.6 Å². The maximum absolute atomic E-state index is 10.9. The van der Waals surface area contributed by atoms with Crippen LogP contribution in [0, 0.1) is 0 Å². The van der Waals surface area contributed by atoms with Crippen LogP contribution in [0.2, 0.25) is 5.02 Å². The summed E-state index contributed by atoms with van der Waals surface area (Å²) in [5.41, 5.74) is 0.972. The Bertz CT molecular complexity index is 369. The number of hydrogen-bond donors (Lipinski definition) is 3. The van der Waals surface area contributed by atoms with Gasteiger partial charge < -0.3 is 15.7 Å². The Balaban J connectivity index is 2.32. The summed E-state index contributed by atoms with van der Waals surface area (Å²) >= 11 is 5.76. The van der Waals surface area contributed by atoms with Gasteiger partial charge in [-0.3, -0.25) is 4.79 Å². The van der Waals surface area contributed by atoms with Crippen molar-refractivity contribution < 1.29 is 9.90 Å². The number of halogens is 1. The summed E-state index contributed by atoms with van der Waals surface area (Å²) in [7, 11) is 1.61. The molecule has 4 nitrogen and oxygen atoms in total. The van der Waals surface area contributed by atoms with Crippen LogP contribution in [-0.2, 0) is 11.3 Å². The van der Waals surface area contributed by atoms with Gasteiger partial charge in [0.1, 0.15) is 5.75 Å². The van der Waals surface area contributed by atoms with Crippen molar-refractivity contribution in [3.05, 3.63) is 28.8 Å². The van der Waals surface area contributed by atoms with Crippen LogP contribution in [0.4, 0.5) is 0 Å². The maximum Gasteiger partial charge on any atom is 0.221 e. The highest BCUT2D eigenvalue weighted by atomic mass is 35.5. The fourth-order valence-corrected chi connectivity index (χ4v) is 1.42. The normalized spacial score (nSPS) is 10.1. The van der Waals surface area contributed by atoms with E-state index >= 15 is 0 Å². The Morgan fingerprint density at radius 1 is 1.50 bits per heavy atom. The van der Waals surface area contributed by atoms with E-state index in [1.54, 1.807) is 25.2 Å². The molecule has 0 aliphatic heterocycles. The molecule has 88 valence electrons. The van der Waals surface area contributed by atoms with Gasteiger partial charge in [-0.2, -0.15) is 0 Å². The number of amides is 1. The van der Waals surface area contributed by atoms with E-state index in [9.17, 15) is 9.90 Å². The van der Waals surface area contributed by atoms with Gasteiger partial charge in [0.15, 0.2) is 0 Å². The number of carbonyl (C=O) groups is 1. The Hall–Kier alpha value is -1.26. The lowest BCUT2D eigenvalue weighted by molar-refractivity contribution is -0.120. The fraction of sp³-hybridized carbons (Fsp3) is 0.364. The van der Waals surface area contributed by atoms with Gasteiger partial charge in [0.2, 0.25) is 5.91 Å². The molecule has 0 radical (unpaired) electrons. The number of benzene rings is 1. The van der Waals surface area contributed by atoms with Crippen molar-refractivity contribution in [2.24, 2.45) is 0 Å². The Kier molecular flexibility index (Phi) is 5.08. The molecule has 1 rings (SSSR count). The largest absolute Gasteiger partial charge is 0.506 e. The molecule has 0 fully saturated rings. The predicted molar refractivity (Wildman–Crippen MR) is 63.5 cm³/mol. The van der Waals surface area contributed by atoms with E-state index in [1.165, 1.54) is 0 Å². The minimum absolute atomic E-state index is 0.0104. The molecule has 0 aliphatic carbocycles. The fourth-order valence-electron chi connectivity index (χ4n) is 1.22. The Labute approximate surface area is 99.6 Å². The van der Waals surface area contributed by atoms with Crippen LogP contribution in [-0.4, -0.2) is 24.6 Å². The van der Waals surface area contributed by atoms with Crippen LogP contribution >= 0.6 is 11.6 Å². The minimum atomic E-state index is 0.0104. The highest BCUT2D eigenvalue weighted by molar-refractivity contribution is 6.32. The molecule has 0 heterocycles. The van der Waals surface area contributed by atoms with Crippen molar-refractivity contribution in [3.8, 4) is 5.75 Å². The lowest BCUT2D eigenvalue weighted by Gasteiger charge is -2.05. The molecular weight excluding hydrogens is 228 g/mol. The van der Waals surface area contributed by atoms with Crippen molar-refractivity contribution in [2.75, 3.05) is 13.6 Å². The minimum Gasteiger partial charge on any atom is -0.506 e. The zero-order valence-corrected chi connectivity index (χ0v) is 9.84. The van der Waals surface area contributed by atoms with Gasteiger partial charge in [-0.25, -0.2) is 0 Å². The zero-order chi connectivity index (χ0) is 12.0. The summed E-state index contributed by atoms with van der Waals surface area (Å²) in [4.78, 5) is 10.9. The van der Waals surface area contributed by atoms with Gasteiger partial charge in [-0.1, -0.05) is 17.7 Å². The lowest BCUT2D eigenvalue weighted by Crippen LogP contribution is -2.24. The molecule has 3 N–H and O–H groups in total. The van der Waals surface area contributed by atoms with Crippen LogP contribution in [0.15, 0.2) is 18.2 Å². The van der Waals surface area contributed by atoms with E-state index in [-0.39, 0.29) is 11.7 Å². The third-order valence-electron chi connectivity index (χ3n) is 2.15. The number of hydrogen-bond acceptors (Lipinski definition) is 3. The van der Waals surface area contributed by atoms with Gasteiger partial charge in [0.25, 0.3) is 0 Å². The van der Waals surface area contributed by atoms with Crippen LogP contribution in [0.1, 0.15) is 12.0 Å². The van der Waals surface area contributed by atoms with Gasteiger partial charge in [0.05, 0.1) is 5.02 Å². The average molecular weight is 243 g/mol. The summed E-state index contributed by atoms with van der Waals surface area (Å²) in [6, 6.07) is 5.04. The molecule has 0 unspecified atom stereocenters. The standard InChI is InChI=1S/C11H15ClN2O2/c1-13-11(16)4-5-14-7-8-2-3-10(15)9(12)6-8/h2-3,6,14-15H,4-5,7H2,1H3,(H,13,16). The van der Waals surface area contributed by atoms with Gasteiger partial charge in [-0.05, 0) is 17.7 Å². The molecule has 0 bridgehead atoms. The molecule has 1 aromatic carbocycles. The predicted octanol–water partition coefficient (Wildman–Crippen LogP) is 1.27. The first-order chi connectivity index (χ1) is 7.63. The highest BCUT2D eigenvalue weighted by Crippen LogP contribution is 2.23. The Morgan fingerprint density at radius 2 is 2.25 bits per heavy atom. The number of phenols is 1. The van der Waals surface area contributed by atoms with Gasteiger partial charge >= 0.3 is 0 Å². The molecule has 1 amide bonds. The summed E-state index contributed by atoms with van der Waals surface area (Å²) in [6.07, 6.45) is 0.447. The average Bonchev–Trinajstić information content (AvgIpc) is 2.28. The molecule has 0 spiro atoms. The molecule has 1 aromatic rings. The second-order valence-corrected chi connectivity index (χ2v) is 3.79. The Morgan fingerprint density at radius 3 is 2.88 bits per heavy atom. The van der Waals surface area contributed by atoms with Crippen LogP contribution in [0.3, 0.4) is 0 Å². The smallest absolute Gasteiger partial charge is 0.221 e. The van der Waals surface area contributed by atoms with Crippen LogP contribution in [0.5, 0.6) is 5.75 Å². The topological polar surface area (TPSA) is 61.4 Å². The third-order valence-corrected chi connectivity index (χ3v) is 2.45. The van der Waals surface area contributed by atoms with E-state index in [0.29, 0.717) is 24.5 Å². The number of aromatic hydroxyl groups is 1. The van der Waals surface area contributed by atoms with E-state index in [4.69, 9.17) is 11.6 Å². The summed E-state index contributed by atoms with van der Waals surface area (Å²) in [5, 5.41) is 15.2. The zero-order valence-electron chi connectivity index (χ0n) is 9.09. The quantitative estimate of drug-likeness (QED) is 0.682. The van der Waals surface area contributed by atoms with Crippen LogP contribution in [0.25, 0.3) is 0 Å². The van der Waals surface area contributed by atoms with Gasteiger partial charge in [-0.15, -0.1) is 0 Å². The first-order valence-corrected chi connectivity index (χ1v) is 5.40. The molecule has 0 atom stereocenters. The molecule has 0 saturated carbocycles. The van der Waals surface area contributed by atoms with E-state index in [0.717, 1.165) is 5.56 Å². The second-order valence-electron chi connectivity index (χ2n) is 3.39. The number of rotatable bonds is 5. The number of nitrogens with one attached hydrogen (secondary N) is 2. The molecule has 16 heavy (non-hydrogen) atoms. The van der Waals surface area contributed by atoms with Crippen molar-refractivity contribution in [3.63, 3.8) is 0 Å². The molecule has 0 aliphatic rings. The van der Waals surface area contributed by atoms with E-state index in [1.807, 2.05) is 0 Å². The molecule has 0 saturated heterocycles. The second kappa shape index (κ2) is 6.35. The lowest BCUT2D eigenvalue weighted by atomic mass is 10.2. The van der Waals surface area contributed by atoms with Crippen molar-refractivity contribution >= 4 is 17.5 Å². The van der Waals surface area contributed by atoms with Crippen molar-refractivity contribution in [1.82, 2.24) is 10.6 Å². The highest BCUT2D eigenvalue weighted by Gasteiger charge is 2.00. The monoisotopic (exact) mass is 242 g/mol. The molecular formula is C11H15ClN2O2. The number of phenolic OH excluding ortho intramolecular Hbond substituents is 1. The third kappa shape index (κ3) is 4.08. The van der Waals surface area contributed by atoms with Crippen molar-refractivity contribution in [1.29, 1.82) is 0 Å². The maximum atomic E-state index is 10.9. The van der Waals surface area contributed by atoms with Crippen LogP contribution < -0.4 is 10.6 Å². The van der Waals surface area contributed by atoms with E-state index in [2.05, 4.69) is 10.6 Å². The summed E-state index contributed by atoms with van der Waals surface area (Å²) in [5.74, 6) is 0.0898.